The van der Waals surface area contributed by atoms with Crippen molar-refractivity contribution >= 4 is 17.6 Å². The van der Waals surface area contributed by atoms with Crippen molar-refractivity contribution in [3.8, 4) is 0 Å². The SMILES string of the molecule is CCc1ccc(C)cc1CC=S. The van der Waals surface area contributed by atoms with Gasteiger partial charge >= 0.3 is 0 Å². The minimum atomic E-state index is 0.917. The molecule has 0 spiro atoms. The van der Waals surface area contributed by atoms with Crippen molar-refractivity contribution in [2.45, 2.75) is 26.7 Å². The van der Waals surface area contributed by atoms with Gasteiger partial charge in [0.25, 0.3) is 0 Å². The standard InChI is InChI=1S/C11H14S/c1-3-10-5-4-9(2)8-11(10)6-7-12/h4-5,7-8H,3,6H2,1-2H3. The van der Waals surface area contributed by atoms with Crippen molar-refractivity contribution in [1.29, 1.82) is 0 Å². The Morgan fingerprint density at radius 2 is 2.08 bits per heavy atom. The Morgan fingerprint density at radius 1 is 1.33 bits per heavy atom. The van der Waals surface area contributed by atoms with Crippen molar-refractivity contribution in [1.82, 2.24) is 0 Å². The summed E-state index contributed by atoms with van der Waals surface area (Å²) in [5.41, 5.74) is 4.12. The van der Waals surface area contributed by atoms with Gasteiger partial charge in [0, 0.05) is 6.42 Å². The van der Waals surface area contributed by atoms with Crippen LogP contribution in [0.2, 0.25) is 0 Å². The Morgan fingerprint density at radius 3 is 2.67 bits per heavy atom. The van der Waals surface area contributed by atoms with Crippen LogP contribution in [-0.4, -0.2) is 5.37 Å². The van der Waals surface area contributed by atoms with Crippen molar-refractivity contribution in [2.24, 2.45) is 0 Å². The molecule has 0 saturated heterocycles. The van der Waals surface area contributed by atoms with Gasteiger partial charge in [-0.2, -0.15) is 0 Å². The molecule has 0 fully saturated rings. The largest absolute Gasteiger partial charge is 0.0931 e. The van der Waals surface area contributed by atoms with Crippen LogP contribution >= 0.6 is 12.2 Å². The molecule has 0 amide bonds. The summed E-state index contributed by atoms with van der Waals surface area (Å²) in [5.74, 6) is 0. The Hall–Kier alpha value is -0.690. The number of rotatable bonds is 3. The molecule has 0 unspecified atom stereocenters. The van der Waals surface area contributed by atoms with Crippen molar-refractivity contribution in [3.05, 3.63) is 34.9 Å². The minimum absolute atomic E-state index is 0.917. The first-order valence-electron chi connectivity index (χ1n) is 4.30. The van der Waals surface area contributed by atoms with Crippen LogP contribution in [0.25, 0.3) is 0 Å². The van der Waals surface area contributed by atoms with Crippen LogP contribution in [-0.2, 0) is 12.8 Å². The molecule has 0 radical (unpaired) electrons. The third-order valence-electron chi connectivity index (χ3n) is 2.05. The molecule has 0 aliphatic carbocycles. The summed E-state index contributed by atoms with van der Waals surface area (Å²) in [6.45, 7) is 4.30. The zero-order valence-electron chi connectivity index (χ0n) is 7.63. The summed E-state index contributed by atoms with van der Waals surface area (Å²) in [5, 5.41) is 1.80. The second-order valence-electron chi connectivity index (χ2n) is 3.00. The molecular weight excluding hydrogens is 164 g/mol. The highest BCUT2D eigenvalue weighted by molar-refractivity contribution is 7.78. The van der Waals surface area contributed by atoms with Gasteiger partial charge in [0.15, 0.2) is 0 Å². The van der Waals surface area contributed by atoms with E-state index in [2.05, 4.69) is 32.0 Å². The maximum absolute atomic E-state index is 4.86. The van der Waals surface area contributed by atoms with E-state index in [1.807, 2.05) is 0 Å². The fourth-order valence-corrected chi connectivity index (χ4v) is 1.56. The first kappa shape index (κ1) is 9.40. The molecule has 0 heterocycles. The van der Waals surface area contributed by atoms with Crippen molar-refractivity contribution in [2.75, 3.05) is 0 Å². The lowest BCUT2D eigenvalue weighted by Gasteiger charge is -2.05. The topological polar surface area (TPSA) is 0 Å². The molecule has 1 heteroatoms. The first-order valence-corrected chi connectivity index (χ1v) is 4.77. The molecule has 0 aliphatic heterocycles. The van der Waals surface area contributed by atoms with Gasteiger partial charge in [0.2, 0.25) is 0 Å². The van der Waals surface area contributed by atoms with E-state index < -0.39 is 0 Å². The number of thiocarbonyl (C=S) groups is 1. The second kappa shape index (κ2) is 4.36. The summed E-state index contributed by atoms with van der Waals surface area (Å²) in [6, 6.07) is 6.58. The van der Waals surface area contributed by atoms with Crippen LogP contribution in [0.3, 0.4) is 0 Å². The summed E-state index contributed by atoms with van der Waals surface area (Å²) < 4.78 is 0. The van der Waals surface area contributed by atoms with Crippen LogP contribution in [0.1, 0.15) is 23.6 Å². The number of aryl methyl sites for hydroxylation is 2. The normalized spacial score (nSPS) is 9.83. The van der Waals surface area contributed by atoms with Gasteiger partial charge < -0.3 is 0 Å². The summed E-state index contributed by atoms with van der Waals surface area (Å²) in [7, 11) is 0. The van der Waals surface area contributed by atoms with Gasteiger partial charge in [-0.1, -0.05) is 42.9 Å². The second-order valence-corrected chi connectivity index (χ2v) is 3.33. The first-order chi connectivity index (χ1) is 5.77. The van der Waals surface area contributed by atoms with E-state index in [9.17, 15) is 0 Å². The third kappa shape index (κ3) is 2.15. The maximum atomic E-state index is 4.86. The molecule has 0 aliphatic rings. The quantitative estimate of drug-likeness (QED) is 0.641. The lowest BCUT2D eigenvalue weighted by Crippen LogP contribution is -1.93. The van der Waals surface area contributed by atoms with E-state index >= 15 is 0 Å². The third-order valence-corrected chi connectivity index (χ3v) is 2.21. The minimum Gasteiger partial charge on any atom is -0.0931 e. The molecule has 1 aromatic carbocycles. The lowest BCUT2D eigenvalue weighted by molar-refractivity contribution is 1.09. The molecule has 0 N–H and O–H groups in total. The summed E-state index contributed by atoms with van der Waals surface area (Å²) in [4.78, 5) is 0. The van der Waals surface area contributed by atoms with Gasteiger partial charge in [-0.25, -0.2) is 0 Å². The fraction of sp³-hybridized carbons (Fsp3) is 0.364. The fourth-order valence-electron chi connectivity index (χ4n) is 1.38. The Kier molecular flexibility index (Phi) is 3.42. The number of hydrogen-bond acceptors (Lipinski definition) is 1. The summed E-state index contributed by atoms with van der Waals surface area (Å²) >= 11 is 4.86. The Balaban J connectivity index is 3.03. The molecule has 0 nitrogen and oxygen atoms in total. The van der Waals surface area contributed by atoms with E-state index in [1.165, 1.54) is 16.7 Å². The van der Waals surface area contributed by atoms with E-state index in [0.29, 0.717) is 0 Å². The zero-order valence-corrected chi connectivity index (χ0v) is 8.45. The van der Waals surface area contributed by atoms with Gasteiger partial charge in [-0.05, 0) is 29.8 Å². The molecule has 1 aromatic rings. The van der Waals surface area contributed by atoms with Crippen LogP contribution in [0, 0.1) is 6.92 Å². The predicted molar refractivity (Wildman–Crippen MR) is 57.9 cm³/mol. The van der Waals surface area contributed by atoms with E-state index in [-0.39, 0.29) is 0 Å². The molecule has 0 saturated carbocycles. The van der Waals surface area contributed by atoms with Gasteiger partial charge in [0.1, 0.15) is 0 Å². The van der Waals surface area contributed by atoms with Crippen molar-refractivity contribution in [3.63, 3.8) is 0 Å². The zero-order chi connectivity index (χ0) is 8.97. The van der Waals surface area contributed by atoms with Gasteiger partial charge in [0.05, 0.1) is 0 Å². The van der Waals surface area contributed by atoms with Gasteiger partial charge in [-0.15, -0.1) is 0 Å². The Labute approximate surface area is 79.6 Å². The molecule has 0 aromatic heterocycles. The van der Waals surface area contributed by atoms with Gasteiger partial charge in [-0.3, -0.25) is 0 Å². The highest BCUT2D eigenvalue weighted by atomic mass is 32.1. The average molecular weight is 178 g/mol. The van der Waals surface area contributed by atoms with E-state index in [0.717, 1.165) is 12.8 Å². The molecule has 12 heavy (non-hydrogen) atoms. The van der Waals surface area contributed by atoms with Crippen LogP contribution in [0.4, 0.5) is 0 Å². The van der Waals surface area contributed by atoms with Crippen LogP contribution in [0.15, 0.2) is 18.2 Å². The lowest BCUT2D eigenvalue weighted by atomic mass is 10.0. The maximum Gasteiger partial charge on any atom is 0.00106 e. The van der Waals surface area contributed by atoms with E-state index in [1.54, 1.807) is 5.37 Å². The van der Waals surface area contributed by atoms with Crippen LogP contribution < -0.4 is 0 Å². The predicted octanol–water partition coefficient (Wildman–Crippen LogP) is 3.10. The number of benzene rings is 1. The average Bonchev–Trinajstić information content (AvgIpc) is 2.05. The molecule has 0 atom stereocenters. The molecule has 0 bridgehead atoms. The Bertz CT molecular complexity index is 276. The molecule has 64 valence electrons. The smallest absolute Gasteiger partial charge is 0.00106 e. The van der Waals surface area contributed by atoms with Crippen molar-refractivity contribution < 1.29 is 0 Å². The highest BCUT2D eigenvalue weighted by Gasteiger charge is 1.98. The highest BCUT2D eigenvalue weighted by Crippen LogP contribution is 2.12. The van der Waals surface area contributed by atoms with Crippen LogP contribution in [0.5, 0.6) is 0 Å². The molecule has 1 rings (SSSR count). The molecular formula is C11H14S. The van der Waals surface area contributed by atoms with E-state index in [4.69, 9.17) is 12.2 Å². The monoisotopic (exact) mass is 178 g/mol. The number of hydrogen-bond donors (Lipinski definition) is 0. The summed E-state index contributed by atoms with van der Waals surface area (Å²) in [6.07, 6.45) is 2.01.